The Kier molecular flexibility index (Phi) is 4.14. The van der Waals surface area contributed by atoms with Gasteiger partial charge in [-0.15, -0.1) is 0 Å². The Morgan fingerprint density at radius 3 is 2.06 bits per heavy atom. The summed E-state index contributed by atoms with van der Waals surface area (Å²) < 4.78 is 10.3. The summed E-state index contributed by atoms with van der Waals surface area (Å²) in [6, 6.07) is 0. The molecule has 94 valence electrons. The van der Waals surface area contributed by atoms with Crippen LogP contribution in [0.1, 0.15) is 19.8 Å². The molecule has 0 spiro atoms. The largest absolute Gasteiger partial charge is 0.468 e. The van der Waals surface area contributed by atoms with E-state index in [1.54, 1.807) is 0 Å². The Hall–Kier alpha value is -1.10. The Balaban J connectivity index is 3.25. The minimum atomic E-state index is -1.29. The number of rotatable bonds is 2. The highest BCUT2D eigenvalue weighted by Crippen LogP contribution is 2.45. The second-order valence-electron chi connectivity index (χ2n) is 4.12. The van der Waals surface area contributed by atoms with Gasteiger partial charge in [-0.05, 0) is 18.9 Å². The van der Waals surface area contributed by atoms with Gasteiger partial charge >= 0.3 is 11.9 Å². The van der Waals surface area contributed by atoms with E-state index in [4.69, 9.17) is 9.47 Å². The zero-order valence-corrected chi connectivity index (χ0v) is 11.7. The molecule has 17 heavy (non-hydrogen) atoms. The van der Waals surface area contributed by atoms with Crippen molar-refractivity contribution in [1.29, 1.82) is 0 Å². The summed E-state index contributed by atoms with van der Waals surface area (Å²) >= 11 is 3.39. The van der Waals surface area contributed by atoms with Crippen molar-refractivity contribution >= 4 is 27.9 Å². The molecule has 1 rings (SSSR count). The minimum absolute atomic E-state index is 0.213. The van der Waals surface area contributed by atoms with Crippen LogP contribution < -0.4 is 0 Å². The van der Waals surface area contributed by atoms with Gasteiger partial charge in [0.25, 0.3) is 0 Å². The molecule has 4 nitrogen and oxygen atoms in total. The zero-order chi connectivity index (χ0) is 13.2. The first kappa shape index (κ1) is 14.0. The van der Waals surface area contributed by atoms with Gasteiger partial charge in [-0.3, -0.25) is 9.59 Å². The summed E-state index contributed by atoms with van der Waals surface area (Å²) in [6.07, 6.45) is 0.496. The van der Waals surface area contributed by atoms with Gasteiger partial charge < -0.3 is 9.47 Å². The number of carbonyl (C=O) groups excluding carboxylic acids is 2. The van der Waals surface area contributed by atoms with Crippen LogP contribution in [0.2, 0.25) is 0 Å². The van der Waals surface area contributed by atoms with Crippen LogP contribution in [0, 0.1) is 5.41 Å². The minimum Gasteiger partial charge on any atom is -0.468 e. The molecule has 0 aromatic heterocycles. The molecule has 0 aliphatic heterocycles. The molecule has 1 aliphatic carbocycles. The van der Waals surface area contributed by atoms with Gasteiger partial charge in [0.15, 0.2) is 5.41 Å². The van der Waals surface area contributed by atoms with Crippen LogP contribution in [0.15, 0.2) is 22.2 Å². The van der Waals surface area contributed by atoms with Gasteiger partial charge in [0, 0.05) is 10.9 Å². The predicted molar refractivity (Wildman–Crippen MR) is 66.5 cm³/mol. The summed E-state index contributed by atoms with van der Waals surface area (Å²) in [7, 11) is 2.52. The maximum absolute atomic E-state index is 11.9. The van der Waals surface area contributed by atoms with Crippen molar-refractivity contribution in [2.75, 3.05) is 14.2 Å². The Morgan fingerprint density at radius 1 is 1.24 bits per heavy atom. The molecule has 0 unspecified atom stereocenters. The number of hydrogen-bond acceptors (Lipinski definition) is 4. The molecule has 0 N–H and O–H groups in total. The molecule has 1 aliphatic rings. The molecule has 0 aromatic rings. The lowest BCUT2D eigenvalue weighted by Crippen LogP contribution is -2.43. The standard InChI is InChI=1S/C12H15BrO4/c1-7-5-12(10(14)16-3,11(15)17-4)6-8(2)9(7)13/h1,5-6H2,2-4H3. The Labute approximate surface area is 109 Å². The van der Waals surface area contributed by atoms with Crippen LogP contribution in [-0.4, -0.2) is 26.2 Å². The Morgan fingerprint density at radius 2 is 1.71 bits per heavy atom. The molecule has 0 saturated carbocycles. The number of allylic oxidation sites excluding steroid dienone is 3. The molecule has 0 heterocycles. The first-order chi connectivity index (χ1) is 7.89. The highest BCUT2D eigenvalue weighted by Gasteiger charge is 2.51. The molecule has 0 radical (unpaired) electrons. The molecule has 0 saturated heterocycles. The van der Waals surface area contributed by atoms with E-state index in [1.165, 1.54) is 14.2 Å². The molecular weight excluding hydrogens is 288 g/mol. The molecule has 0 aromatic carbocycles. The highest BCUT2D eigenvalue weighted by atomic mass is 79.9. The lowest BCUT2D eigenvalue weighted by atomic mass is 9.72. The Bertz CT molecular complexity index is 393. The number of methoxy groups -OCH3 is 2. The fourth-order valence-electron chi connectivity index (χ4n) is 2.10. The van der Waals surface area contributed by atoms with E-state index in [-0.39, 0.29) is 12.8 Å². The number of halogens is 1. The summed E-state index contributed by atoms with van der Waals surface area (Å²) in [6.45, 7) is 5.70. The van der Waals surface area contributed by atoms with Gasteiger partial charge in [0.2, 0.25) is 0 Å². The lowest BCUT2D eigenvalue weighted by Gasteiger charge is -2.33. The summed E-state index contributed by atoms with van der Waals surface area (Å²) in [5.74, 6) is -1.16. The van der Waals surface area contributed by atoms with Crippen molar-refractivity contribution in [3.63, 3.8) is 0 Å². The average Bonchev–Trinajstić information content (AvgIpc) is 2.33. The van der Waals surface area contributed by atoms with Gasteiger partial charge in [-0.2, -0.15) is 0 Å². The fourth-order valence-corrected chi connectivity index (χ4v) is 2.38. The number of hydrogen-bond donors (Lipinski definition) is 0. The second-order valence-corrected chi connectivity index (χ2v) is 4.91. The van der Waals surface area contributed by atoms with Crippen LogP contribution in [0.4, 0.5) is 0 Å². The van der Waals surface area contributed by atoms with E-state index in [0.29, 0.717) is 5.57 Å². The summed E-state index contributed by atoms with van der Waals surface area (Å²) in [5, 5.41) is 0. The van der Waals surface area contributed by atoms with E-state index in [1.807, 2.05) is 6.92 Å². The number of carbonyl (C=O) groups is 2. The van der Waals surface area contributed by atoms with E-state index >= 15 is 0 Å². The van der Waals surface area contributed by atoms with Crippen molar-refractivity contribution in [2.45, 2.75) is 19.8 Å². The maximum atomic E-state index is 11.9. The van der Waals surface area contributed by atoms with Crippen molar-refractivity contribution in [3.8, 4) is 0 Å². The van der Waals surface area contributed by atoms with E-state index in [0.717, 1.165) is 10.1 Å². The third kappa shape index (κ3) is 2.29. The molecular formula is C12H15BrO4. The molecule has 5 heteroatoms. The first-order valence-electron chi connectivity index (χ1n) is 5.09. The van der Waals surface area contributed by atoms with Crippen molar-refractivity contribution < 1.29 is 19.1 Å². The normalized spacial score (nSPS) is 18.9. The van der Waals surface area contributed by atoms with Crippen LogP contribution in [-0.2, 0) is 19.1 Å². The number of ether oxygens (including phenoxy) is 2. The molecule has 0 fully saturated rings. The van der Waals surface area contributed by atoms with Crippen LogP contribution in [0.25, 0.3) is 0 Å². The van der Waals surface area contributed by atoms with Gasteiger partial charge in [0.05, 0.1) is 14.2 Å². The topological polar surface area (TPSA) is 52.6 Å². The van der Waals surface area contributed by atoms with Gasteiger partial charge in [-0.25, -0.2) is 0 Å². The van der Waals surface area contributed by atoms with Crippen LogP contribution in [0.3, 0.4) is 0 Å². The maximum Gasteiger partial charge on any atom is 0.323 e. The average molecular weight is 303 g/mol. The van der Waals surface area contributed by atoms with Crippen LogP contribution in [0.5, 0.6) is 0 Å². The van der Waals surface area contributed by atoms with E-state index in [2.05, 4.69) is 22.5 Å². The SMILES string of the molecule is C=C1CC(C(=O)OC)(C(=O)OC)CC(C)=C1Br. The monoisotopic (exact) mass is 302 g/mol. The van der Waals surface area contributed by atoms with Crippen LogP contribution >= 0.6 is 15.9 Å². The number of esters is 2. The van der Waals surface area contributed by atoms with E-state index < -0.39 is 17.4 Å². The molecule has 0 amide bonds. The second kappa shape index (κ2) is 5.04. The lowest BCUT2D eigenvalue weighted by molar-refractivity contribution is -0.169. The first-order valence-corrected chi connectivity index (χ1v) is 5.88. The van der Waals surface area contributed by atoms with Crippen molar-refractivity contribution in [3.05, 3.63) is 22.2 Å². The van der Waals surface area contributed by atoms with Crippen molar-refractivity contribution in [2.24, 2.45) is 5.41 Å². The summed E-state index contributed by atoms with van der Waals surface area (Å²) in [5.41, 5.74) is 0.295. The quantitative estimate of drug-likeness (QED) is 0.580. The predicted octanol–water partition coefficient (Wildman–Crippen LogP) is 2.34. The fraction of sp³-hybridized carbons (Fsp3) is 0.500. The molecule has 0 bridgehead atoms. The third-order valence-electron chi connectivity index (χ3n) is 2.92. The summed E-state index contributed by atoms with van der Waals surface area (Å²) in [4.78, 5) is 23.8. The zero-order valence-electron chi connectivity index (χ0n) is 10.1. The van der Waals surface area contributed by atoms with Crippen molar-refractivity contribution in [1.82, 2.24) is 0 Å². The molecule has 0 atom stereocenters. The van der Waals surface area contributed by atoms with Gasteiger partial charge in [0.1, 0.15) is 0 Å². The highest BCUT2D eigenvalue weighted by molar-refractivity contribution is 9.12. The smallest absolute Gasteiger partial charge is 0.323 e. The van der Waals surface area contributed by atoms with E-state index in [9.17, 15) is 9.59 Å². The van der Waals surface area contributed by atoms with Gasteiger partial charge in [-0.1, -0.05) is 28.1 Å². The third-order valence-corrected chi connectivity index (χ3v) is 4.16.